The molecule has 9 N–H and O–H groups in total. The van der Waals surface area contributed by atoms with Gasteiger partial charge in [-0.3, -0.25) is 30.3 Å². The minimum Gasteiger partial charge on any atom is -0.492 e. The molecule has 0 aliphatic carbocycles. The normalized spacial score (nSPS) is 32.6. The lowest BCUT2D eigenvalue weighted by molar-refractivity contribution is -0.158. The van der Waals surface area contributed by atoms with Crippen molar-refractivity contribution >= 4 is 23.7 Å². The molecule has 6 atom stereocenters. The summed E-state index contributed by atoms with van der Waals surface area (Å²) in [5, 5.41) is 35.6. The van der Waals surface area contributed by atoms with Gasteiger partial charge < -0.3 is 31.7 Å². The molecule has 3 fully saturated rings. The number of ether oxygens (including phenoxy) is 1. The van der Waals surface area contributed by atoms with Gasteiger partial charge in [0.1, 0.15) is 17.5 Å². The highest BCUT2D eigenvalue weighted by atomic mass is 16.5. The van der Waals surface area contributed by atoms with Crippen LogP contribution >= 0.6 is 0 Å². The van der Waals surface area contributed by atoms with Crippen molar-refractivity contribution < 1.29 is 24.3 Å². The van der Waals surface area contributed by atoms with Crippen LogP contribution in [0.15, 0.2) is 18.2 Å². The molecule has 13 heteroatoms. The van der Waals surface area contributed by atoms with Crippen LogP contribution < -0.4 is 37.1 Å². The van der Waals surface area contributed by atoms with E-state index in [9.17, 15) is 19.6 Å². The molecule has 224 valence electrons. The number of para-hydroxylation sites is 1. The van der Waals surface area contributed by atoms with Crippen LogP contribution in [0, 0.1) is 10.8 Å². The average molecular weight is 571 g/mol. The van der Waals surface area contributed by atoms with Crippen LogP contribution in [0.2, 0.25) is 0 Å². The monoisotopic (exact) mass is 570 g/mol. The van der Waals surface area contributed by atoms with Crippen LogP contribution in [0.25, 0.3) is 0 Å². The van der Waals surface area contributed by atoms with E-state index in [-0.39, 0.29) is 35.6 Å². The Morgan fingerprint density at radius 1 is 1.29 bits per heavy atom. The van der Waals surface area contributed by atoms with Gasteiger partial charge >= 0.3 is 0 Å². The number of carbonyl (C=O) groups excluding carboxylic acids is 3. The molecule has 1 aromatic carbocycles. The Labute approximate surface area is 239 Å². The molecule has 0 radical (unpaired) electrons. The highest BCUT2D eigenvalue weighted by Crippen LogP contribution is 2.49. The summed E-state index contributed by atoms with van der Waals surface area (Å²) in [6, 6.07) is 3.17. The summed E-state index contributed by atoms with van der Waals surface area (Å²) in [4.78, 5) is 37.9. The zero-order valence-electron chi connectivity index (χ0n) is 24.1. The molecule has 0 saturated carbocycles. The Morgan fingerprint density at radius 2 is 2.05 bits per heavy atom. The lowest BCUT2D eigenvalue weighted by atomic mass is 9.68. The fourth-order valence-corrected chi connectivity index (χ4v) is 6.95. The van der Waals surface area contributed by atoms with Crippen LogP contribution in [-0.4, -0.2) is 83.5 Å². The number of hydrogen-bond acceptors (Lipinski definition) is 8. The quantitative estimate of drug-likeness (QED) is 0.221. The standard InChI is InChI=1S/C28H42N8O5/c1-5-27(4)19(34-23(38)15-7-6-8-16-21(15)41-12-11-26(16,2)3)14-32-28(27)22(35-25(30)36(28)40)17(29)13-31-24(39)18-9-10-20(37)33-18/h6-8,17-19,22,32,40H,5,9-14,29H2,1-4H3,(H2,30,35)(H,31,39)(H,33,37)(H,34,38)/t17-,18?,19?,22?,27-,28?/m0/s1. The summed E-state index contributed by atoms with van der Waals surface area (Å²) >= 11 is 0. The predicted molar refractivity (Wildman–Crippen MR) is 150 cm³/mol. The molecule has 0 bridgehead atoms. The molecule has 4 aliphatic rings. The summed E-state index contributed by atoms with van der Waals surface area (Å²) in [5.74, 6) is -0.397. The van der Waals surface area contributed by atoms with E-state index in [4.69, 9.17) is 15.9 Å². The molecular formula is C28H42N8O5. The SMILES string of the molecule is CC[C@@]1(C)C(NC(=O)c2cccc3c2OCCC3(C)C)CNC12C([C@@H](N)CNC(=O)C1CCC(=O)N1)NC(=N)N2O. The predicted octanol–water partition coefficient (Wildman–Crippen LogP) is -0.119. The molecule has 3 saturated heterocycles. The van der Waals surface area contributed by atoms with Crippen molar-refractivity contribution in [2.45, 2.75) is 88.6 Å². The first-order chi connectivity index (χ1) is 19.4. The average Bonchev–Trinajstić information content (AvgIpc) is 3.58. The second kappa shape index (κ2) is 10.4. The molecule has 41 heavy (non-hydrogen) atoms. The van der Waals surface area contributed by atoms with Crippen molar-refractivity contribution in [1.82, 2.24) is 31.6 Å². The Kier molecular flexibility index (Phi) is 7.41. The Bertz CT molecular complexity index is 1260. The molecule has 4 heterocycles. The number of fused-ring (bicyclic) bond motifs is 1. The van der Waals surface area contributed by atoms with Crippen molar-refractivity contribution in [2.24, 2.45) is 11.1 Å². The lowest BCUT2D eigenvalue weighted by Gasteiger charge is -2.49. The number of guanidine groups is 1. The van der Waals surface area contributed by atoms with Crippen LogP contribution in [0.3, 0.4) is 0 Å². The maximum absolute atomic E-state index is 13.7. The van der Waals surface area contributed by atoms with Crippen molar-refractivity contribution in [1.29, 1.82) is 5.41 Å². The smallest absolute Gasteiger partial charge is 0.255 e. The second-order valence-electron chi connectivity index (χ2n) is 12.5. The fourth-order valence-electron chi connectivity index (χ4n) is 6.95. The van der Waals surface area contributed by atoms with E-state index in [1.54, 1.807) is 6.07 Å². The largest absolute Gasteiger partial charge is 0.492 e. The maximum atomic E-state index is 13.7. The lowest BCUT2D eigenvalue weighted by Crippen LogP contribution is -2.71. The number of nitrogens with zero attached hydrogens (tertiary/aromatic N) is 1. The van der Waals surface area contributed by atoms with Gasteiger partial charge in [0.05, 0.1) is 24.3 Å². The molecule has 4 unspecified atom stereocenters. The van der Waals surface area contributed by atoms with Crippen molar-refractivity contribution in [3.63, 3.8) is 0 Å². The third kappa shape index (κ3) is 4.59. The second-order valence-corrected chi connectivity index (χ2v) is 12.5. The van der Waals surface area contributed by atoms with Crippen LogP contribution in [0.5, 0.6) is 5.75 Å². The van der Waals surface area contributed by atoms with E-state index in [1.165, 1.54) is 0 Å². The highest BCUT2D eigenvalue weighted by Gasteiger charge is 2.68. The summed E-state index contributed by atoms with van der Waals surface area (Å²) in [6.45, 7) is 9.09. The van der Waals surface area contributed by atoms with E-state index < -0.39 is 35.2 Å². The number of carbonyl (C=O) groups is 3. The van der Waals surface area contributed by atoms with Crippen LogP contribution in [-0.2, 0) is 15.0 Å². The first-order valence-corrected chi connectivity index (χ1v) is 14.3. The summed E-state index contributed by atoms with van der Waals surface area (Å²) < 4.78 is 5.98. The minimum absolute atomic E-state index is 0.0491. The highest BCUT2D eigenvalue weighted by molar-refractivity contribution is 5.98. The van der Waals surface area contributed by atoms with Crippen molar-refractivity contribution in [3.05, 3.63) is 29.3 Å². The number of hydroxylamine groups is 2. The number of hydrogen-bond donors (Lipinski definition) is 8. The van der Waals surface area contributed by atoms with Gasteiger partial charge in [-0.25, -0.2) is 5.06 Å². The van der Waals surface area contributed by atoms with Crippen LogP contribution in [0.1, 0.15) is 69.3 Å². The van der Waals surface area contributed by atoms with Gasteiger partial charge in [0.2, 0.25) is 17.8 Å². The number of nitrogens with one attached hydrogen (secondary N) is 6. The number of rotatable bonds is 7. The molecule has 5 rings (SSSR count). The Morgan fingerprint density at radius 3 is 2.73 bits per heavy atom. The molecular weight excluding hydrogens is 528 g/mol. The van der Waals surface area contributed by atoms with Crippen LogP contribution in [0.4, 0.5) is 0 Å². The molecule has 0 aromatic heterocycles. The minimum atomic E-state index is -1.25. The molecule has 1 spiro atoms. The Balaban J connectivity index is 1.37. The molecule has 3 amide bonds. The topological polar surface area (TPSA) is 194 Å². The van der Waals surface area contributed by atoms with Gasteiger partial charge in [0.15, 0.2) is 0 Å². The van der Waals surface area contributed by atoms with Crippen molar-refractivity contribution in [3.8, 4) is 5.75 Å². The summed E-state index contributed by atoms with van der Waals surface area (Å²) in [5.41, 5.74) is 5.90. The van der Waals surface area contributed by atoms with E-state index in [2.05, 4.69) is 40.4 Å². The molecule has 13 nitrogen and oxygen atoms in total. The maximum Gasteiger partial charge on any atom is 0.255 e. The van der Waals surface area contributed by atoms with E-state index in [1.807, 2.05) is 26.0 Å². The third-order valence-corrected chi connectivity index (χ3v) is 9.76. The Hall–Kier alpha value is -3.42. The van der Waals surface area contributed by atoms with E-state index >= 15 is 0 Å². The number of benzene rings is 1. The summed E-state index contributed by atoms with van der Waals surface area (Å²) in [7, 11) is 0. The third-order valence-electron chi connectivity index (χ3n) is 9.76. The zero-order chi connectivity index (χ0) is 29.7. The van der Waals surface area contributed by atoms with Gasteiger partial charge in [-0.15, -0.1) is 0 Å². The van der Waals surface area contributed by atoms with Gasteiger partial charge in [-0.2, -0.15) is 0 Å². The molecule has 4 aliphatic heterocycles. The van der Waals surface area contributed by atoms with Crippen molar-refractivity contribution in [2.75, 3.05) is 19.7 Å². The van der Waals surface area contributed by atoms with Gasteiger partial charge in [0.25, 0.3) is 5.91 Å². The number of amides is 3. The van der Waals surface area contributed by atoms with E-state index in [0.717, 1.165) is 17.0 Å². The first kappa shape index (κ1) is 29.1. The summed E-state index contributed by atoms with van der Waals surface area (Å²) in [6.07, 6.45) is 2.11. The van der Waals surface area contributed by atoms with E-state index in [0.29, 0.717) is 43.7 Å². The molecule has 1 aromatic rings. The number of nitrogens with two attached hydrogens (primary N) is 1. The van der Waals surface area contributed by atoms with Gasteiger partial charge in [0, 0.05) is 36.5 Å². The first-order valence-electron chi connectivity index (χ1n) is 14.3. The fraction of sp³-hybridized carbons (Fsp3) is 0.643. The van der Waals surface area contributed by atoms with Gasteiger partial charge in [-0.05, 0) is 30.7 Å². The zero-order valence-corrected chi connectivity index (χ0v) is 24.1. The van der Waals surface area contributed by atoms with Gasteiger partial charge in [-0.1, -0.05) is 39.8 Å².